The first-order chi connectivity index (χ1) is 10.4. The van der Waals surface area contributed by atoms with Crippen LogP contribution in [0.5, 0.6) is 5.88 Å². The summed E-state index contributed by atoms with van der Waals surface area (Å²) < 4.78 is 30.1. The zero-order valence-corrected chi connectivity index (χ0v) is 14.0. The summed E-state index contributed by atoms with van der Waals surface area (Å²) in [5.41, 5.74) is 0. The van der Waals surface area contributed by atoms with Gasteiger partial charge in [0, 0.05) is 25.4 Å². The molecule has 1 aromatic heterocycles. The van der Waals surface area contributed by atoms with E-state index in [-0.39, 0.29) is 11.9 Å². The first-order valence-electron chi connectivity index (χ1n) is 7.89. The Morgan fingerprint density at radius 3 is 2.68 bits per heavy atom. The number of hydrogen-bond acceptors (Lipinski definition) is 6. The third-order valence-electron chi connectivity index (χ3n) is 4.65. The summed E-state index contributed by atoms with van der Waals surface area (Å²) in [6, 6.07) is 1.73. The summed E-state index contributed by atoms with van der Waals surface area (Å²) in [5, 5.41) is 0. The molecule has 1 saturated carbocycles. The van der Waals surface area contributed by atoms with Gasteiger partial charge in [-0.25, -0.2) is 13.4 Å². The van der Waals surface area contributed by atoms with E-state index in [4.69, 9.17) is 4.74 Å². The fourth-order valence-corrected chi connectivity index (χ4v) is 5.38. The van der Waals surface area contributed by atoms with Gasteiger partial charge >= 0.3 is 0 Å². The van der Waals surface area contributed by atoms with Crippen molar-refractivity contribution >= 4 is 15.8 Å². The Bertz CT molecular complexity index is 641. The summed E-state index contributed by atoms with van der Waals surface area (Å²) >= 11 is 0. The minimum atomic E-state index is -3.02. The monoisotopic (exact) mass is 325 g/mol. The second kappa shape index (κ2) is 5.68. The summed E-state index contributed by atoms with van der Waals surface area (Å²) in [6.45, 7) is 5.03. The van der Waals surface area contributed by atoms with Crippen LogP contribution < -0.4 is 9.64 Å². The summed E-state index contributed by atoms with van der Waals surface area (Å²) in [4.78, 5) is 10.7. The maximum absolute atomic E-state index is 12.5. The van der Waals surface area contributed by atoms with Crippen LogP contribution in [0.25, 0.3) is 0 Å². The number of aromatic nitrogens is 2. The van der Waals surface area contributed by atoms with Crippen LogP contribution in [0.1, 0.15) is 39.5 Å². The molecule has 0 bridgehead atoms. The molecule has 1 aromatic rings. The van der Waals surface area contributed by atoms with E-state index in [1.807, 2.05) is 18.7 Å². The third kappa shape index (κ3) is 2.78. The average Bonchev–Trinajstić information content (AvgIpc) is 2.53. The van der Waals surface area contributed by atoms with E-state index in [1.165, 1.54) is 0 Å². The highest BCUT2D eigenvalue weighted by Gasteiger charge is 2.49. The SMILES string of the molecule is CC(C)Oc1ccnc(N2CCC3(CCC3)S(=O)(=O)CC2)n1. The highest BCUT2D eigenvalue weighted by atomic mass is 32.2. The van der Waals surface area contributed by atoms with Crippen molar-refractivity contribution in [2.45, 2.75) is 50.4 Å². The summed E-state index contributed by atoms with van der Waals surface area (Å²) in [7, 11) is -3.02. The van der Waals surface area contributed by atoms with Crippen LogP contribution in [0.2, 0.25) is 0 Å². The van der Waals surface area contributed by atoms with Crippen LogP contribution in [-0.2, 0) is 9.84 Å². The molecule has 1 saturated heterocycles. The van der Waals surface area contributed by atoms with Gasteiger partial charge in [-0.15, -0.1) is 0 Å². The molecule has 3 rings (SSSR count). The van der Waals surface area contributed by atoms with Gasteiger partial charge < -0.3 is 9.64 Å². The smallest absolute Gasteiger partial charge is 0.228 e. The van der Waals surface area contributed by atoms with Crippen LogP contribution in [0.3, 0.4) is 0 Å². The maximum Gasteiger partial charge on any atom is 0.228 e. The molecule has 6 nitrogen and oxygen atoms in total. The lowest BCUT2D eigenvalue weighted by Crippen LogP contribution is -2.46. The average molecular weight is 325 g/mol. The lowest BCUT2D eigenvalue weighted by molar-refractivity contribution is 0.232. The van der Waals surface area contributed by atoms with Gasteiger partial charge in [-0.3, -0.25) is 0 Å². The fraction of sp³-hybridized carbons (Fsp3) is 0.733. The minimum absolute atomic E-state index is 0.0468. The predicted octanol–water partition coefficient (Wildman–Crippen LogP) is 1.81. The van der Waals surface area contributed by atoms with Crippen LogP contribution in [0.4, 0.5) is 5.95 Å². The van der Waals surface area contributed by atoms with Crippen molar-refractivity contribution in [2.75, 3.05) is 23.7 Å². The molecule has 2 heterocycles. The molecule has 7 heteroatoms. The summed E-state index contributed by atoms with van der Waals surface area (Å²) in [5.74, 6) is 1.28. The maximum atomic E-state index is 12.5. The highest BCUT2D eigenvalue weighted by Crippen LogP contribution is 2.44. The second-order valence-corrected chi connectivity index (χ2v) is 8.96. The van der Waals surface area contributed by atoms with Gasteiger partial charge in [0.15, 0.2) is 9.84 Å². The van der Waals surface area contributed by atoms with Crippen LogP contribution in [0.15, 0.2) is 12.3 Å². The predicted molar refractivity (Wildman–Crippen MR) is 85.0 cm³/mol. The van der Waals surface area contributed by atoms with Crippen molar-refractivity contribution in [2.24, 2.45) is 0 Å². The van der Waals surface area contributed by atoms with E-state index in [1.54, 1.807) is 12.3 Å². The van der Waals surface area contributed by atoms with Gasteiger partial charge in [-0.05, 0) is 33.1 Å². The molecule has 0 N–H and O–H groups in total. The number of rotatable bonds is 3. The van der Waals surface area contributed by atoms with Crippen LogP contribution >= 0.6 is 0 Å². The molecule has 0 atom stereocenters. The number of hydrogen-bond donors (Lipinski definition) is 0. The van der Waals surface area contributed by atoms with Crippen molar-refractivity contribution in [3.05, 3.63) is 12.3 Å². The fourth-order valence-electron chi connectivity index (χ4n) is 3.18. The number of nitrogens with zero attached hydrogens (tertiary/aromatic N) is 3. The van der Waals surface area contributed by atoms with Gasteiger partial charge in [0.25, 0.3) is 0 Å². The molecule has 0 amide bonds. The number of sulfone groups is 1. The third-order valence-corrected chi connectivity index (χ3v) is 7.30. The van der Waals surface area contributed by atoms with Gasteiger partial charge in [0.2, 0.25) is 11.8 Å². The molecule has 22 heavy (non-hydrogen) atoms. The molecule has 122 valence electrons. The standard InChI is InChI=1S/C15H23N3O3S/c1-12(2)21-13-4-8-16-14(17-13)18-9-7-15(5-3-6-15)22(19,20)11-10-18/h4,8,12H,3,5-7,9-11H2,1-2H3. The lowest BCUT2D eigenvalue weighted by atomic mass is 9.81. The van der Waals surface area contributed by atoms with Gasteiger partial charge in [-0.1, -0.05) is 6.42 Å². The quantitative estimate of drug-likeness (QED) is 0.844. The van der Waals surface area contributed by atoms with Gasteiger partial charge in [0.1, 0.15) is 0 Å². The Morgan fingerprint density at radius 2 is 2.05 bits per heavy atom. The molecule has 0 aromatic carbocycles. The van der Waals surface area contributed by atoms with E-state index < -0.39 is 14.6 Å². The van der Waals surface area contributed by atoms with Crippen LogP contribution in [0, 0.1) is 0 Å². The molecular weight excluding hydrogens is 302 g/mol. The lowest BCUT2D eigenvalue weighted by Gasteiger charge is -2.39. The molecule has 0 unspecified atom stereocenters. The number of ether oxygens (including phenoxy) is 1. The first-order valence-corrected chi connectivity index (χ1v) is 9.54. The molecule has 2 fully saturated rings. The van der Waals surface area contributed by atoms with Crippen molar-refractivity contribution in [1.29, 1.82) is 0 Å². The van der Waals surface area contributed by atoms with E-state index in [9.17, 15) is 8.42 Å². The zero-order valence-electron chi connectivity index (χ0n) is 13.2. The molecule has 1 aliphatic carbocycles. The topological polar surface area (TPSA) is 72.4 Å². The Hall–Kier alpha value is -1.37. The molecule has 2 aliphatic rings. The largest absolute Gasteiger partial charge is 0.475 e. The van der Waals surface area contributed by atoms with E-state index in [2.05, 4.69) is 9.97 Å². The normalized spacial score (nSPS) is 23.1. The van der Waals surface area contributed by atoms with Crippen molar-refractivity contribution in [1.82, 2.24) is 9.97 Å². The Morgan fingerprint density at radius 1 is 1.27 bits per heavy atom. The Kier molecular flexibility index (Phi) is 4.01. The van der Waals surface area contributed by atoms with Crippen molar-refractivity contribution < 1.29 is 13.2 Å². The minimum Gasteiger partial charge on any atom is -0.475 e. The molecule has 1 aliphatic heterocycles. The first kappa shape index (κ1) is 15.5. The molecule has 1 spiro atoms. The van der Waals surface area contributed by atoms with Gasteiger partial charge in [0.05, 0.1) is 16.6 Å². The molecular formula is C15H23N3O3S. The van der Waals surface area contributed by atoms with E-state index in [0.717, 1.165) is 19.3 Å². The van der Waals surface area contributed by atoms with Crippen LogP contribution in [-0.4, -0.2) is 48.1 Å². The highest BCUT2D eigenvalue weighted by molar-refractivity contribution is 7.92. The second-order valence-electron chi connectivity index (χ2n) is 6.45. The van der Waals surface area contributed by atoms with Gasteiger partial charge in [-0.2, -0.15) is 4.98 Å². The number of anilines is 1. The van der Waals surface area contributed by atoms with E-state index >= 15 is 0 Å². The zero-order chi connectivity index (χ0) is 15.8. The Balaban J connectivity index is 1.79. The van der Waals surface area contributed by atoms with Crippen molar-refractivity contribution in [3.8, 4) is 5.88 Å². The van der Waals surface area contributed by atoms with Crippen molar-refractivity contribution in [3.63, 3.8) is 0 Å². The molecule has 0 radical (unpaired) electrons. The Labute approximate surface area is 131 Å². The summed E-state index contributed by atoms with van der Waals surface area (Å²) in [6.07, 6.45) is 5.02. The van der Waals surface area contributed by atoms with E-state index in [0.29, 0.717) is 31.3 Å².